The zero-order chi connectivity index (χ0) is 15.2. The summed E-state index contributed by atoms with van der Waals surface area (Å²) in [6, 6.07) is 8.83. The maximum atomic E-state index is 9.67. The summed E-state index contributed by atoms with van der Waals surface area (Å²) in [6.07, 6.45) is 3.20. The zero-order valence-corrected chi connectivity index (χ0v) is 14.6. The molecule has 0 saturated carbocycles. The van der Waals surface area contributed by atoms with Gasteiger partial charge in [0.15, 0.2) is 0 Å². The lowest BCUT2D eigenvalue weighted by atomic mass is 9.92. The van der Waals surface area contributed by atoms with Crippen molar-refractivity contribution in [2.75, 3.05) is 26.7 Å². The molecule has 1 fully saturated rings. The smallest absolute Gasteiger partial charge is 0.0541 e. The van der Waals surface area contributed by atoms with Gasteiger partial charge in [0.2, 0.25) is 0 Å². The van der Waals surface area contributed by atoms with Gasteiger partial charge in [-0.2, -0.15) is 0 Å². The fourth-order valence-corrected chi connectivity index (χ4v) is 3.74. The summed E-state index contributed by atoms with van der Waals surface area (Å²) < 4.78 is 1.18. The van der Waals surface area contributed by atoms with Crippen LogP contribution in [0.4, 0.5) is 0 Å². The summed E-state index contributed by atoms with van der Waals surface area (Å²) in [5.41, 5.74) is 1.33. The summed E-state index contributed by atoms with van der Waals surface area (Å²) in [7, 11) is 2.03. The molecule has 1 aliphatic heterocycles. The molecule has 1 aromatic rings. The first-order chi connectivity index (χ1) is 10.1. The van der Waals surface area contributed by atoms with Gasteiger partial charge in [0, 0.05) is 10.5 Å². The molecule has 0 spiro atoms. The predicted molar refractivity (Wildman–Crippen MR) is 91.4 cm³/mol. The number of piperidine rings is 1. The van der Waals surface area contributed by atoms with Crippen LogP contribution in [0.1, 0.15) is 37.8 Å². The Hall–Kier alpha value is -0.420. The van der Waals surface area contributed by atoms with Gasteiger partial charge in [0.05, 0.1) is 6.10 Å². The van der Waals surface area contributed by atoms with E-state index in [1.807, 2.05) is 14.0 Å². The monoisotopic (exact) mass is 354 g/mol. The highest BCUT2D eigenvalue weighted by Crippen LogP contribution is 2.26. The molecule has 0 aromatic heterocycles. The normalized spacial score (nSPS) is 20.4. The summed E-state index contributed by atoms with van der Waals surface area (Å²) in [5, 5.41) is 13.1. The third-order valence-corrected chi connectivity index (χ3v) is 5.40. The first-order valence-electron chi connectivity index (χ1n) is 7.94. The van der Waals surface area contributed by atoms with E-state index in [0.717, 1.165) is 38.9 Å². The lowest BCUT2D eigenvalue weighted by Crippen LogP contribution is -2.38. The van der Waals surface area contributed by atoms with Crippen LogP contribution in [-0.4, -0.2) is 42.8 Å². The SMILES string of the molecule is CNC(CCN1CCC(C(C)O)CC1)c1ccccc1Br. The van der Waals surface area contributed by atoms with E-state index in [9.17, 15) is 5.11 Å². The molecule has 3 nitrogen and oxygen atoms in total. The Morgan fingerprint density at radius 3 is 2.57 bits per heavy atom. The fraction of sp³-hybridized carbons (Fsp3) is 0.647. The molecule has 21 heavy (non-hydrogen) atoms. The van der Waals surface area contributed by atoms with Gasteiger partial charge in [-0.3, -0.25) is 0 Å². The molecule has 1 aromatic carbocycles. The van der Waals surface area contributed by atoms with Crippen molar-refractivity contribution in [3.8, 4) is 0 Å². The van der Waals surface area contributed by atoms with Crippen LogP contribution >= 0.6 is 15.9 Å². The van der Waals surface area contributed by atoms with Gasteiger partial charge in [0.1, 0.15) is 0 Å². The summed E-state index contributed by atoms with van der Waals surface area (Å²) >= 11 is 3.65. The molecule has 0 aliphatic carbocycles. The molecule has 2 atom stereocenters. The molecule has 1 saturated heterocycles. The molecule has 1 heterocycles. The number of rotatable bonds is 6. The number of likely N-dealkylation sites (tertiary alicyclic amines) is 1. The van der Waals surface area contributed by atoms with Crippen molar-refractivity contribution >= 4 is 15.9 Å². The van der Waals surface area contributed by atoms with Gasteiger partial charge in [-0.05, 0) is 70.4 Å². The van der Waals surface area contributed by atoms with Crippen LogP contribution < -0.4 is 5.32 Å². The van der Waals surface area contributed by atoms with E-state index in [4.69, 9.17) is 0 Å². The topological polar surface area (TPSA) is 35.5 Å². The standard InChI is InChI=1S/C17H27BrN2O/c1-13(21)14-7-10-20(11-8-14)12-9-17(19-2)15-5-3-4-6-16(15)18/h3-6,13-14,17,19,21H,7-12H2,1-2H3. The van der Waals surface area contributed by atoms with Crippen molar-refractivity contribution in [2.24, 2.45) is 5.92 Å². The van der Waals surface area contributed by atoms with E-state index in [1.165, 1.54) is 10.0 Å². The average molecular weight is 355 g/mol. The Labute approximate surface area is 136 Å². The maximum Gasteiger partial charge on any atom is 0.0541 e. The highest BCUT2D eigenvalue weighted by molar-refractivity contribution is 9.10. The van der Waals surface area contributed by atoms with E-state index in [-0.39, 0.29) is 6.10 Å². The number of aliphatic hydroxyl groups is 1. The Kier molecular flexibility index (Phi) is 6.68. The summed E-state index contributed by atoms with van der Waals surface area (Å²) in [5.74, 6) is 0.490. The van der Waals surface area contributed by atoms with Gasteiger partial charge in [-0.1, -0.05) is 34.1 Å². The van der Waals surface area contributed by atoms with E-state index < -0.39 is 0 Å². The number of hydrogen-bond donors (Lipinski definition) is 2. The Morgan fingerprint density at radius 2 is 2.00 bits per heavy atom. The second kappa shape index (κ2) is 8.28. The Balaban J connectivity index is 1.83. The second-order valence-corrected chi connectivity index (χ2v) is 6.93. The molecule has 2 unspecified atom stereocenters. The molecule has 118 valence electrons. The third-order valence-electron chi connectivity index (χ3n) is 4.68. The number of nitrogens with zero attached hydrogens (tertiary/aromatic N) is 1. The van der Waals surface area contributed by atoms with Crippen molar-refractivity contribution in [1.82, 2.24) is 10.2 Å². The van der Waals surface area contributed by atoms with Crippen molar-refractivity contribution in [3.05, 3.63) is 34.3 Å². The number of halogens is 1. The van der Waals surface area contributed by atoms with E-state index >= 15 is 0 Å². The number of hydrogen-bond acceptors (Lipinski definition) is 3. The van der Waals surface area contributed by atoms with Crippen LogP contribution in [0, 0.1) is 5.92 Å². The molecule has 2 rings (SSSR count). The molecular weight excluding hydrogens is 328 g/mol. The molecule has 0 bridgehead atoms. The first kappa shape index (κ1) is 16.9. The molecule has 4 heteroatoms. The van der Waals surface area contributed by atoms with Crippen molar-refractivity contribution in [1.29, 1.82) is 0 Å². The minimum absolute atomic E-state index is 0.155. The van der Waals surface area contributed by atoms with Gasteiger partial charge >= 0.3 is 0 Å². The van der Waals surface area contributed by atoms with E-state index in [0.29, 0.717) is 12.0 Å². The minimum atomic E-state index is -0.155. The molecule has 1 aliphatic rings. The van der Waals surface area contributed by atoms with Gasteiger partial charge < -0.3 is 15.3 Å². The summed E-state index contributed by atoms with van der Waals surface area (Å²) in [6.45, 7) is 5.26. The van der Waals surface area contributed by atoms with E-state index in [1.54, 1.807) is 0 Å². The van der Waals surface area contributed by atoms with Gasteiger partial charge in [0.25, 0.3) is 0 Å². The minimum Gasteiger partial charge on any atom is -0.393 e. The van der Waals surface area contributed by atoms with Crippen LogP contribution in [0.15, 0.2) is 28.7 Å². The van der Waals surface area contributed by atoms with Crippen LogP contribution in [0.25, 0.3) is 0 Å². The van der Waals surface area contributed by atoms with Crippen LogP contribution in [0.2, 0.25) is 0 Å². The van der Waals surface area contributed by atoms with Crippen molar-refractivity contribution in [2.45, 2.75) is 38.3 Å². The van der Waals surface area contributed by atoms with Crippen LogP contribution in [-0.2, 0) is 0 Å². The number of aliphatic hydroxyl groups excluding tert-OH is 1. The third kappa shape index (κ3) is 4.78. The highest BCUT2D eigenvalue weighted by atomic mass is 79.9. The number of nitrogens with one attached hydrogen (secondary N) is 1. The van der Waals surface area contributed by atoms with Gasteiger partial charge in [-0.25, -0.2) is 0 Å². The van der Waals surface area contributed by atoms with E-state index in [2.05, 4.69) is 50.4 Å². The molecule has 0 radical (unpaired) electrons. The maximum absolute atomic E-state index is 9.67. The second-order valence-electron chi connectivity index (χ2n) is 6.07. The molecule has 0 amide bonds. The van der Waals surface area contributed by atoms with Crippen molar-refractivity contribution < 1.29 is 5.11 Å². The zero-order valence-electron chi connectivity index (χ0n) is 13.1. The summed E-state index contributed by atoms with van der Waals surface area (Å²) in [4.78, 5) is 2.53. The average Bonchev–Trinajstić information content (AvgIpc) is 2.50. The number of benzene rings is 1. The molecule has 2 N–H and O–H groups in total. The lowest BCUT2D eigenvalue weighted by Gasteiger charge is -2.34. The van der Waals surface area contributed by atoms with Crippen LogP contribution in [0.3, 0.4) is 0 Å². The fourth-order valence-electron chi connectivity index (χ4n) is 3.18. The van der Waals surface area contributed by atoms with Gasteiger partial charge in [-0.15, -0.1) is 0 Å². The predicted octanol–water partition coefficient (Wildman–Crippen LogP) is 3.19. The van der Waals surface area contributed by atoms with Crippen LogP contribution in [0.5, 0.6) is 0 Å². The Bertz CT molecular complexity index is 431. The largest absolute Gasteiger partial charge is 0.393 e. The quantitative estimate of drug-likeness (QED) is 0.823. The van der Waals surface area contributed by atoms with Crippen molar-refractivity contribution in [3.63, 3.8) is 0 Å². The first-order valence-corrected chi connectivity index (χ1v) is 8.73. The Morgan fingerprint density at radius 1 is 1.33 bits per heavy atom. The highest BCUT2D eigenvalue weighted by Gasteiger charge is 2.23. The molecular formula is C17H27BrN2O. The lowest BCUT2D eigenvalue weighted by molar-refractivity contribution is 0.0706.